The molecule has 4 aromatic rings. The lowest BCUT2D eigenvalue weighted by Gasteiger charge is -2.26. The van der Waals surface area contributed by atoms with Crippen molar-refractivity contribution < 1.29 is 18.3 Å². The fourth-order valence-corrected chi connectivity index (χ4v) is 4.79. The predicted molar refractivity (Wildman–Crippen MR) is 128 cm³/mol. The summed E-state index contributed by atoms with van der Waals surface area (Å²) in [6.07, 6.45) is 3.69. The van der Waals surface area contributed by atoms with Crippen molar-refractivity contribution in [2.75, 3.05) is 11.4 Å². The van der Waals surface area contributed by atoms with Crippen LogP contribution in [0.25, 0.3) is 22.2 Å². The van der Waals surface area contributed by atoms with E-state index in [-0.39, 0.29) is 25.1 Å². The average molecular weight is 502 g/mol. The van der Waals surface area contributed by atoms with Crippen LogP contribution in [0.5, 0.6) is 0 Å². The molecule has 1 aromatic carbocycles. The summed E-state index contributed by atoms with van der Waals surface area (Å²) >= 11 is 6.52. The molecule has 0 aliphatic carbocycles. The van der Waals surface area contributed by atoms with Crippen molar-refractivity contribution in [1.29, 1.82) is 0 Å². The molecule has 1 aliphatic heterocycles. The van der Waals surface area contributed by atoms with E-state index in [4.69, 9.17) is 16.6 Å². The van der Waals surface area contributed by atoms with Crippen molar-refractivity contribution in [3.8, 4) is 11.1 Å². The molecule has 0 spiro atoms. The molecule has 0 radical (unpaired) electrons. The summed E-state index contributed by atoms with van der Waals surface area (Å²) in [6.45, 7) is 3.64. The number of halogens is 4. The summed E-state index contributed by atoms with van der Waals surface area (Å²) in [5.41, 5.74) is 1.42. The highest BCUT2D eigenvalue weighted by Crippen LogP contribution is 2.40. The Hall–Kier alpha value is -3.17. The Morgan fingerprint density at radius 3 is 2.74 bits per heavy atom. The zero-order valence-electron chi connectivity index (χ0n) is 19.1. The minimum absolute atomic E-state index is 0.00797. The minimum atomic E-state index is -1.22. The zero-order valence-corrected chi connectivity index (χ0v) is 19.8. The second-order valence-corrected chi connectivity index (χ2v) is 9.83. The number of rotatable bonds is 5. The SMILES string of the molecule is CC(C)(O)Cn1cc(-c2c(Cl)cnc3ccc(N4C[C@@H](F)C[C@@H]4c4cc(F)ccc4F)nc23)cn1. The summed E-state index contributed by atoms with van der Waals surface area (Å²) in [7, 11) is 0. The number of hydrogen-bond acceptors (Lipinski definition) is 5. The third kappa shape index (κ3) is 4.70. The lowest BCUT2D eigenvalue weighted by Crippen LogP contribution is -2.26. The van der Waals surface area contributed by atoms with Crippen molar-refractivity contribution in [1.82, 2.24) is 19.7 Å². The molecule has 3 aromatic heterocycles. The van der Waals surface area contributed by atoms with E-state index in [1.54, 1.807) is 48.0 Å². The second-order valence-electron chi connectivity index (χ2n) is 9.42. The molecule has 0 unspecified atom stereocenters. The fraction of sp³-hybridized carbons (Fsp3) is 0.320. The van der Waals surface area contributed by atoms with Crippen LogP contribution >= 0.6 is 11.6 Å². The highest BCUT2D eigenvalue weighted by molar-refractivity contribution is 6.34. The Bertz CT molecular complexity index is 1400. The maximum Gasteiger partial charge on any atom is 0.130 e. The van der Waals surface area contributed by atoms with Gasteiger partial charge in [-0.1, -0.05) is 11.6 Å². The van der Waals surface area contributed by atoms with Crippen molar-refractivity contribution in [2.24, 2.45) is 0 Å². The number of alkyl halides is 1. The average Bonchev–Trinajstić information content (AvgIpc) is 3.40. The van der Waals surface area contributed by atoms with E-state index < -0.39 is 29.4 Å². The molecular formula is C25H23ClF3N5O. The topological polar surface area (TPSA) is 67.1 Å². The van der Waals surface area contributed by atoms with Crippen LogP contribution in [0.4, 0.5) is 19.0 Å². The molecule has 1 N–H and O–H groups in total. The summed E-state index contributed by atoms with van der Waals surface area (Å²) < 4.78 is 44.6. The van der Waals surface area contributed by atoms with Crippen LogP contribution in [0, 0.1) is 11.6 Å². The van der Waals surface area contributed by atoms with Gasteiger partial charge >= 0.3 is 0 Å². The summed E-state index contributed by atoms with van der Waals surface area (Å²) in [5, 5.41) is 14.8. The first-order valence-electron chi connectivity index (χ1n) is 11.2. The molecule has 0 amide bonds. The normalized spacial score (nSPS) is 18.5. The predicted octanol–water partition coefficient (Wildman–Crippen LogP) is 5.49. The van der Waals surface area contributed by atoms with Gasteiger partial charge < -0.3 is 10.0 Å². The zero-order chi connectivity index (χ0) is 24.9. The van der Waals surface area contributed by atoms with Gasteiger partial charge in [0.05, 0.1) is 41.5 Å². The van der Waals surface area contributed by atoms with E-state index in [1.807, 2.05) is 0 Å². The van der Waals surface area contributed by atoms with Gasteiger partial charge in [0.2, 0.25) is 0 Å². The van der Waals surface area contributed by atoms with Crippen molar-refractivity contribution >= 4 is 28.5 Å². The van der Waals surface area contributed by atoms with Gasteiger partial charge in [-0.15, -0.1) is 0 Å². The quantitative estimate of drug-likeness (QED) is 0.392. The van der Waals surface area contributed by atoms with E-state index in [9.17, 15) is 18.3 Å². The van der Waals surface area contributed by atoms with E-state index in [1.165, 1.54) is 6.20 Å². The first-order chi connectivity index (χ1) is 16.6. The van der Waals surface area contributed by atoms with Crippen LogP contribution in [0.2, 0.25) is 5.02 Å². The van der Waals surface area contributed by atoms with Gasteiger partial charge in [0, 0.05) is 35.5 Å². The number of aromatic nitrogens is 4. The van der Waals surface area contributed by atoms with E-state index in [2.05, 4.69) is 10.1 Å². The standard InChI is InChI=1S/C25H23ClF3N5O/c1-25(2,35)13-33-11-14(9-31-33)23-18(26)10-30-20-5-6-22(32-24(20)23)34-12-16(28)8-21(34)17-7-15(27)3-4-19(17)29/h3-7,9-11,16,21,35H,8,12-13H2,1-2H3/t16-,21+/m0/s1. The number of nitrogens with zero attached hydrogens (tertiary/aromatic N) is 5. The van der Waals surface area contributed by atoms with E-state index >= 15 is 0 Å². The number of fused-ring (bicyclic) bond motifs is 1. The van der Waals surface area contributed by atoms with Crippen LogP contribution in [-0.4, -0.2) is 43.2 Å². The van der Waals surface area contributed by atoms with Crippen molar-refractivity contribution in [2.45, 2.75) is 44.6 Å². The van der Waals surface area contributed by atoms with Gasteiger partial charge in [-0.25, -0.2) is 18.2 Å². The number of benzene rings is 1. The van der Waals surface area contributed by atoms with Crippen LogP contribution in [0.15, 0.2) is 48.9 Å². The van der Waals surface area contributed by atoms with E-state index in [0.29, 0.717) is 33.0 Å². The highest BCUT2D eigenvalue weighted by Gasteiger charge is 2.36. The van der Waals surface area contributed by atoms with E-state index in [0.717, 1.165) is 18.2 Å². The molecule has 0 bridgehead atoms. The third-order valence-corrected chi connectivity index (χ3v) is 6.27. The minimum Gasteiger partial charge on any atom is -0.389 e. The maximum atomic E-state index is 14.6. The number of aliphatic hydroxyl groups is 1. The number of anilines is 1. The van der Waals surface area contributed by atoms with Crippen LogP contribution in [0.1, 0.15) is 31.9 Å². The summed E-state index contributed by atoms with van der Waals surface area (Å²) in [6, 6.07) is 5.91. The number of hydrogen-bond donors (Lipinski definition) is 1. The Morgan fingerprint density at radius 1 is 1.17 bits per heavy atom. The van der Waals surface area contributed by atoms with Crippen LogP contribution in [0.3, 0.4) is 0 Å². The Morgan fingerprint density at radius 2 is 1.97 bits per heavy atom. The molecule has 1 fully saturated rings. The monoisotopic (exact) mass is 501 g/mol. The molecule has 2 atom stereocenters. The molecule has 182 valence electrons. The van der Waals surface area contributed by atoms with Gasteiger partial charge in [-0.05, 0) is 44.2 Å². The maximum absolute atomic E-state index is 14.6. The largest absolute Gasteiger partial charge is 0.389 e. The second kappa shape index (κ2) is 8.80. The molecule has 0 saturated carbocycles. The molecule has 4 heterocycles. The molecule has 5 rings (SSSR count). The third-order valence-electron chi connectivity index (χ3n) is 5.98. The Kier molecular flexibility index (Phi) is 5.93. The highest BCUT2D eigenvalue weighted by atomic mass is 35.5. The van der Waals surface area contributed by atoms with Crippen molar-refractivity contribution in [3.05, 3.63) is 71.1 Å². The van der Waals surface area contributed by atoms with Gasteiger partial charge in [-0.3, -0.25) is 9.67 Å². The molecular weight excluding hydrogens is 479 g/mol. The molecule has 10 heteroatoms. The first kappa shape index (κ1) is 23.6. The lowest BCUT2D eigenvalue weighted by atomic mass is 10.0. The molecule has 35 heavy (non-hydrogen) atoms. The Labute approximate surface area is 205 Å². The number of pyridine rings is 2. The molecule has 6 nitrogen and oxygen atoms in total. The smallest absolute Gasteiger partial charge is 0.130 e. The van der Waals surface area contributed by atoms with Gasteiger partial charge in [0.1, 0.15) is 29.1 Å². The van der Waals surface area contributed by atoms with Crippen LogP contribution < -0.4 is 4.90 Å². The lowest BCUT2D eigenvalue weighted by molar-refractivity contribution is 0.0577. The molecule has 1 aliphatic rings. The molecule has 1 saturated heterocycles. The Balaban J connectivity index is 1.59. The summed E-state index contributed by atoms with van der Waals surface area (Å²) in [5.74, 6) is -0.780. The fourth-order valence-electron chi connectivity index (χ4n) is 4.55. The first-order valence-corrected chi connectivity index (χ1v) is 11.5. The summed E-state index contributed by atoms with van der Waals surface area (Å²) in [4.78, 5) is 10.7. The van der Waals surface area contributed by atoms with Crippen molar-refractivity contribution in [3.63, 3.8) is 0 Å². The van der Waals surface area contributed by atoms with Gasteiger partial charge in [-0.2, -0.15) is 5.10 Å². The van der Waals surface area contributed by atoms with Gasteiger partial charge in [0.15, 0.2) is 0 Å². The van der Waals surface area contributed by atoms with Crippen LogP contribution in [-0.2, 0) is 6.54 Å². The van der Waals surface area contributed by atoms with Gasteiger partial charge in [0.25, 0.3) is 0 Å².